The van der Waals surface area contributed by atoms with Crippen LogP contribution in [0.15, 0.2) is 36.4 Å². The Morgan fingerprint density at radius 3 is 2.62 bits per heavy atom. The summed E-state index contributed by atoms with van der Waals surface area (Å²) in [5, 5.41) is 20.5. The molecule has 0 saturated heterocycles. The van der Waals surface area contributed by atoms with Gasteiger partial charge in [0, 0.05) is 5.56 Å². The summed E-state index contributed by atoms with van der Waals surface area (Å²) in [7, 11) is 0. The van der Waals surface area contributed by atoms with Crippen LogP contribution >= 0.6 is 0 Å². The summed E-state index contributed by atoms with van der Waals surface area (Å²) in [4.78, 5) is 10.1. The van der Waals surface area contributed by atoms with E-state index in [1.807, 2.05) is 0 Å². The highest BCUT2D eigenvalue weighted by Gasteiger charge is 2.21. The van der Waals surface area contributed by atoms with Crippen molar-refractivity contribution in [3.8, 4) is 11.5 Å². The fourth-order valence-electron chi connectivity index (χ4n) is 1.79. The number of halogens is 2. The van der Waals surface area contributed by atoms with Gasteiger partial charge in [0.25, 0.3) is 0 Å². The Hall–Kier alpha value is -2.54. The molecule has 0 bridgehead atoms. The van der Waals surface area contributed by atoms with Crippen molar-refractivity contribution < 1.29 is 23.5 Å². The second-order valence-electron chi connectivity index (χ2n) is 4.31. The van der Waals surface area contributed by atoms with Crippen molar-refractivity contribution in [3.63, 3.8) is 0 Å². The molecule has 0 amide bonds. The van der Waals surface area contributed by atoms with Crippen LogP contribution in [-0.2, 0) is 0 Å². The SMILES string of the molecule is C[C@@H](O)c1cccc(F)c1Oc1ccc(F)cc1[N+](=O)[O-]. The second-order valence-corrected chi connectivity index (χ2v) is 4.31. The molecule has 7 heteroatoms. The molecule has 0 aliphatic carbocycles. The van der Waals surface area contributed by atoms with Gasteiger partial charge in [0.1, 0.15) is 5.82 Å². The third-order valence-corrected chi connectivity index (χ3v) is 2.78. The minimum absolute atomic E-state index is 0.133. The first-order valence-corrected chi connectivity index (χ1v) is 5.98. The van der Waals surface area contributed by atoms with Crippen molar-refractivity contribution in [2.75, 3.05) is 0 Å². The van der Waals surface area contributed by atoms with Gasteiger partial charge < -0.3 is 9.84 Å². The van der Waals surface area contributed by atoms with Crippen molar-refractivity contribution in [2.24, 2.45) is 0 Å². The van der Waals surface area contributed by atoms with Crippen LogP contribution in [0.25, 0.3) is 0 Å². The van der Waals surface area contributed by atoms with E-state index in [1.54, 1.807) is 0 Å². The van der Waals surface area contributed by atoms with E-state index in [9.17, 15) is 24.0 Å². The third-order valence-electron chi connectivity index (χ3n) is 2.78. The Kier molecular flexibility index (Phi) is 4.13. The predicted molar refractivity (Wildman–Crippen MR) is 70.2 cm³/mol. The number of nitrogens with zero attached hydrogens (tertiary/aromatic N) is 1. The lowest BCUT2D eigenvalue weighted by molar-refractivity contribution is -0.385. The van der Waals surface area contributed by atoms with Crippen LogP contribution in [0.4, 0.5) is 14.5 Å². The molecule has 0 heterocycles. The molecule has 110 valence electrons. The van der Waals surface area contributed by atoms with E-state index in [2.05, 4.69) is 0 Å². The van der Waals surface area contributed by atoms with Gasteiger partial charge in [-0.1, -0.05) is 12.1 Å². The highest BCUT2D eigenvalue weighted by Crippen LogP contribution is 2.36. The third kappa shape index (κ3) is 3.14. The molecular weight excluding hydrogens is 284 g/mol. The Labute approximate surface area is 118 Å². The largest absolute Gasteiger partial charge is 0.447 e. The van der Waals surface area contributed by atoms with E-state index in [-0.39, 0.29) is 17.1 Å². The molecular formula is C14H11F2NO4. The number of rotatable bonds is 4. The molecule has 0 spiro atoms. The maximum Gasteiger partial charge on any atom is 0.314 e. The van der Waals surface area contributed by atoms with E-state index in [0.29, 0.717) is 6.07 Å². The fraction of sp³-hybridized carbons (Fsp3) is 0.143. The van der Waals surface area contributed by atoms with Crippen LogP contribution in [-0.4, -0.2) is 10.0 Å². The second kappa shape index (κ2) is 5.84. The Morgan fingerprint density at radius 2 is 2.00 bits per heavy atom. The maximum absolute atomic E-state index is 13.8. The molecule has 0 radical (unpaired) electrons. The lowest BCUT2D eigenvalue weighted by Crippen LogP contribution is -2.01. The number of hydrogen-bond donors (Lipinski definition) is 1. The fourth-order valence-corrected chi connectivity index (χ4v) is 1.79. The highest BCUT2D eigenvalue weighted by atomic mass is 19.1. The first-order valence-electron chi connectivity index (χ1n) is 5.98. The number of nitro groups is 1. The average Bonchev–Trinajstić information content (AvgIpc) is 2.42. The number of aliphatic hydroxyl groups is 1. The lowest BCUT2D eigenvalue weighted by atomic mass is 10.1. The molecule has 0 aromatic heterocycles. The molecule has 1 atom stereocenters. The number of para-hydroxylation sites is 1. The normalized spacial score (nSPS) is 12.0. The Morgan fingerprint density at radius 1 is 1.29 bits per heavy atom. The van der Waals surface area contributed by atoms with Gasteiger partial charge in [-0.2, -0.15) is 0 Å². The van der Waals surface area contributed by atoms with Crippen LogP contribution in [0.1, 0.15) is 18.6 Å². The summed E-state index contributed by atoms with van der Waals surface area (Å²) >= 11 is 0. The topological polar surface area (TPSA) is 72.6 Å². The standard InChI is InChI=1S/C14H11F2NO4/c1-8(18)10-3-2-4-11(16)14(10)21-13-6-5-9(15)7-12(13)17(19)20/h2-8,18H,1H3/t8-/m1/s1. The first-order chi connectivity index (χ1) is 9.90. The molecule has 5 nitrogen and oxygen atoms in total. The van der Waals surface area contributed by atoms with Crippen molar-refractivity contribution in [1.82, 2.24) is 0 Å². The van der Waals surface area contributed by atoms with E-state index in [1.165, 1.54) is 19.1 Å². The van der Waals surface area contributed by atoms with Crippen LogP contribution in [0, 0.1) is 21.7 Å². The highest BCUT2D eigenvalue weighted by molar-refractivity contribution is 5.50. The Balaban J connectivity index is 2.51. The molecule has 1 N–H and O–H groups in total. The average molecular weight is 295 g/mol. The molecule has 0 aliphatic rings. The van der Waals surface area contributed by atoms with Crippen LogP contribution in [0.5, 0.6) is 11.5 Å². The van der Waals surface area contributed by atoms with E-state index < -0.39 is 28.3 Å². The van der Waals surface area contributed by atoms with Gasteiger partial charge in [-0.3, -0.25) is 10.1 Å². The quantitative estimate of drug-likeness (QED) is 0.689. The molecule has 2 aromatic rings. The summed E-state index contributed by atoms with van der Waals surface area (Å²) in [6.45, 7) is 1.40. The minimum Gasteiger partial charge on any atom is -0.447 e. The molecule has 0 saturated carbocycles. The van der Waals surface area contributed by atoms with Gasteiger partial charge in [0.2, 0.25) is 5.75 Å². The molecule has 0 fully saturated rings. The zero-order valence-corrected chi connectivity index (χ0v) is 10.9. The van der Waals surface area contributed by atoms with Gasteiger partial charge >= 0.3 is 5.69 Å². The van der Waals surface area contributed by atoms with Crippen molar-refractivity contribution in [2.45, 2.75) is 13.0 Å². The van der Waals surface area contributed by atoms with Crippen molar-refractivity contribution in [1.29, 1.82) is 0 Å². The van der Waals surface area contributed by atoms with E-state index in [4.69, 9.17) is 4.74 Å². The van der Waals surface area contributed by atoms with Crippen molar-refractivity contribution >= 4 is 5.69 Å². The molecule has 0 aliphatic heterocycles. The number of nitro benzene ring substituents is 1. The van der Waals surface area contributed by atoms with Gasteiger partial charge in [0.05, 0.1) is 17.1 Å². The first kappa shape index (κ1) is 14.9. The van der Waals surface area contributed by atoms with Crippen LogP contribution in [0.2, 0.25) is 0 Å². The molecule has 2 aromatic carbocycles. The summed E-state index contributed by atoms with van der Waals surface area (Å²) in [5.74, 6) is -2.24. The van der Waals surface area contributed by atoms with Gasteiger partial charge in [0.15, 0.2) is 11.6 Å². The molecule has 0 unspecified atom stereocenters. The van der Waals surface area contributed by atoms with Gasteiger partial charge in [-0.05, 0) is 25.1 Å². The predicted octanol–water partition coefficient (Wildman–Crippen LogP) is 3.72. The minimum atomic E-state index is -1.03. The number of hydrogen-bond acceptors (Lipinski definition) is 4. The molecule has 2 rings (SSSR count). The number of aliphatic hydroxyl groups excluding tert-OH is 1. The number of ether oxygens (including phenoxy) is 1. The van der Waals surface area contributed by atoms with Crippen LogP contribution in [0.3, 0.4) is 0 Å². The maximum atomic E-state index is 13.8. The zero-order chi connectivity index (χ0) is 15.6. The zero-order valence-electron chi connectivity index (χ0n) is 10.9. The van der Waals surface area contributed by atoms with Gasteiger partial charge in [-0.15, -0.1) is 0 Å². The number of benzene rings is 2. The van der Waals surface area contributed by atoms with Crippen molar-refractivity contribution in [3.05, 3.63) is 63.7 Å². The summed E-state index contributed by atoms with van der Waals surface area (Å²) < 4.78 is 32.1. The Bertz CT molecular complexity index is 689. The van der Waals surface area contributed by atoms with Gasteiger partial charge in [-0.25, -0.2) is 8.78 Å². The van der Waals surface area contributed by atoms with E-state index >= 15 is 0 Å². The lowest BCUT2D eigenvalue weighted by Gasteiger charge is -2.13. The smallest absolute Gasteiger partial charge is 0.314 e. The summed E-state index contributed by atoms with van der Waals surface area (Å²) in [5.41, 5.74) is -0.497. The molecule has 21 heavy (non-hydrogen) atoms. The van der Waals surface area contributed by atoms with Crippen LogP contribution < -0.4 is 4.74 Å². The summed E-state index contributed by atoms with van der Waals surface area (Å²) in [6, 6.07) is 6.58. The monoisotopic (exact) mass is 295 g/mol. The summed E-state index contributed by atoms with van der Waals surface area (Å²) in [6.07, 6.45) is -1.03. The van der Waals surface area contributed by atoms with E-state index in [0.717, 1.165) is 18.2 Å².